The lowest BCUT2D eigenvalue weighted by molar-refractivity contribution is -0.384. The van der Waals surface area contributed by atoms with Crippen molar-refractivity contribution in [2.45, 2.75) is 31.2 Å². The molecule has 1 unspecified atom stereocenters. The summed E-state index contributed by atoms with van der Waals surface area (Å²) in [5.41, 5.74) is 0.0606. The van der Waals surface area contributed by atoms with Crippen LogP contribution in [0.3, 0.4) is 0 Å². The average Bonchev–Trinajstić information content (AvgIpc) is 2.48. The summed E-state index contributed by atoms with van der Waals surface area (Å²) in [5.74, 6) is 0.261. The first-order chi connectivity index (χ1) is 10.1. The molecule has 0 saturated heterocycles. The van der Waals surface area contributed by atoms with Crippen LogP contribution >= 0.6 is 11.8 Å². The molecule has 116 valence electrons. The van der Waals surface area contributed by atoms with Gasteiger partial charge in [-0.2, -0.15) is 0 Å². The van der Waals surface area contributed by atoms with E-state index in [1.807, 2.05) is 6.92 Å². The molecule has 0 fully saturated rings. The summed E-state index contributed by atoms with van der Waals surface area (Å²) in [6.45, 7) is 4.90. The van der Waals surface area contributed by atoms with Gasteiger partial charge in [-0.25, -0.2) is 0 Å². The number of hydrogen-bond donors (Lipinski definition) is 1. The predicted molar refractivity (Wildman–Crippen MR) is 82.5 cm³/mol. The second kappa shape index (κ2) is 9.36. The number of nitrogens with one attached hydrogen (secondary N) is 1. The van der Waals surface area contributed by atoms with Gasteiger partial charge < -0.3 is 10.1 Å². The van der Waals surface area contributed by atoms with E-state index >= 15 is 0 Å². The Labute approximate surface area is 128 Å². The van der Waals surface area contributed by atoms with Crippen molar-refractivity contribution in [3.8, 4) is 0 Å². The third kappa shape index (κ3) is 6.14. The fraction of sp³-hybridized carbons (Fsp3) is 0.500. The summed E-state index contributed by atoms with van der Waals surface area (Å²) in [6, 6.07) is 5.92. The first kappa shape index (κ1) is 17.5. The lowest BCUT2D eigenvalue weighted by Gasteiger charge is -2.16. The predicted octanol–water partition coefficient (Wildman–Crippen LogP) is 2.62. The maximum absolute atomic E-state index is 11.8. The molecule has 0 saturated carbocycles. The fourth-order valence-electron chi connectivity index (χ4n) is 1.62. The molecule has 1 aromatic carbocycles. The Hall–Kier alpha value is -1.60. The van der Waals surface area contributed by atoms with Crippen LogP contribution in [-0.4, -0.2) is 35.8 Å². The molecule has 1 aromatic rings. The maximum Gasteiger partial charge on any atom is 0.323 e. The van der Waals surface area contributed by atoms with Gasteiger partial charge in [-0.1, -0.05) is 6.92 Å². The first-order valence-corrected chi connectivity index (χ1v) is 7.84. The number of hydrogen-bond acceptors (Lipinski definition) is 6. The van der Waals surface area contributed by atoms with Crippen molar-refractivity contribution in [1.29, 1.82) is 0 Å². The number of esters is 1. The van der Waals surface area contributed by atoms with E-state index in [1.54, 1.807) is 19.1 Å². The van der Waals surface area contributed by atoms with E-state index in [1.165, 1.54) is 23.9 Å². The van der Waals surface area contributed by atoms with Gasteiger partial charge in [-0.15, -0.1) is 11.8 Å². The molecule has 6 nitrogen and oxygen atoms in total. The molecule has 0 aromatic heterocycles. The normalized spacial score (nSPS) is 11.9. The van der Waals surface area contributed by atoms with Crippen molar-refractivity contribution in [2.24, 2.45) is 0 Å². The number of thioether (sulfide) groups is 1. The minimum Gasteiger partial charge on any atom is -0.465 e. The van der Waals surface area contributed by atoms with Crippen molar-refractivity contribution < 1.29 is 14.5 Å². The van der Waals surface area contributed by atoms with E-state index in [2.05, 4.69) is 5.32 Å². The van der Waals surface area contributed by atoms with E-state index < -0.39 is 4.92 Å². The highest BCUT2D eigenvalue weighted by Crippen LogP contribution is 2.22. The molecule has 0 aliphatic rings. The lowest BCUT2D eigenvalue weighted by Crippen LogP contribution is -2.40. The third-order valence-corrected chi connectivity index (χ3v) is 3.78. The SMILES string of the molecule is CCCNC(CSc1ccc([N+](=O)[O-])cc1)C(=O)OCC. The molecule has 1 N–H and O–H groups in total. The van der Waals surface area contributed by atoms with Gasteiger partial charge in [-0.05, 0) is 32.0 Å². The highest BCUT2D eigenvalue weighted by Gasteiger charge is 2.19. The molecule has 21 heavy (non-hydrogen) atoms. The summed E-state index contributed by atoms with van der Waals surface area (Å²) >= 11 is 1.47. The number of benzene rings is 1. The molecule has 0 bridgehead atoms. The number of nitro groups is 1. The molecule has 0 amide bonds. The van der Waals surface area contributed by atoms with Crippen molar-refractivity contribution >= 4 is 23.4 Å². The largest absolute Gasteiger partial charge is 0.465 e. The second-order valence-electron chi connectivity index (χ2n) is 4.32. The molecule has 0 radical (unpaired) electrons. The third-order valence-electron chi connectivity index (χ3n) is 2.68. The zero-order valence-corrected chi connectivity index (χ0v) is 13.0. The monoisotopic (exact) mass is 312 g/mol. The molecule has 0 heterocycles. The highest BCUT2D eigenvalue weighted by atomic mass is 32.2. The van der Waals surface area contributed by atoms with Crippen LogP contribution in [0.4, 0.5) is 5.69 Å². The Bertz CT molecular complexity index is 465. The molecular weight excluding hydrogens is 292 g/mol. The number of carbonyl (C=O) groups excluding carboxylic acids is 1. The van der Waals surface area contributed by atoms with Crippen LogP contribution in [-0.2, 0) is 9.53 Å². The van der Waals surface area contributed by atoms with Crippen LogP contribution in [0.1, 0.15) is 20.3 Å². The van der Waals surface area contributed by atoms with Gasteiger partial charge in [0.1, 0.15) is 6.04 Å². The zero-order chi connectivity index (χ0) is 15.7. The molecule has 0 aliphatic heterocycles. The standard InChI is InChI=1S/C14H20N2O4S/c1-3-9-15-13(14(17)20-4-2)10-21-12-7-5-11(6-8-12)16(18)19/h5-8,13,15H,3-4,9-10H2,1-2H3. The van der Waals surface area contributed by atoms with E-state index in [0.717, 1.165) is 17.9 Å². The number of carbonyl (C=O) groups is 1. The smallest absolute Gasteiger partial charge is 0.323 e. The molecule has 0 aliphatic carbocycles. The van der Waals surface area contributed by atoms with Crippen molar-refractivity contribution in [3.63, 3.8) is 0 Å². The van der Waals surface area contributed by atoms with Crippen molar-refractivity contribution in [1.82, 2.24) is 5.32 Å². The molecule has 1 atom stereocenters. The van der Waals surface area contributed by atoms with Gasteiger partial charge in [0.25, 0.3) is 5.69 Å². The van der Waals surface area contributed by atoms with Crippen LogP contribution in [0.15, 0.2) is 29.2 Å². The first-order valence-electron chi connectivity index (χ1n) is 6.85. The quantitative estimate of drug-likeness (QED) is 0.327. The number of rotatable bonds is 9. The second-order valence-corrected chi connectivity index (χ2v) is 5.41. The lowest BCUT2D eigenvalue weighted by atomic mass is 10.3. The Morgan fingerprint density at radius 3 is 2.57 bits per heavy atom. The summed E-state index contributed by atoms with van der Waals surface area (Å²) < 4.78 is 5.04. The van der Waals surface area contributed by atoms with Crippen molar-refractivity contribution in [3.05, 3.63) is 34.4 Å². The number of nitro benzene ring substituents is 1. The maximum atomic E-state index is 11.8. The van der Waals surface area contributed by atoms with E-state index in [9.17, 15) is 14.9 Å². The van der Waals surface area contributed by atoms with E-state index in [4.69, 9.17) is 4.74 Å². The summed E-state index contributed by atoms with van der Waals surface area (Å²) in [6.07, 6.45) is 0.929. The average molecular weight is 312 g/mol. The minimum absolute atomic E-state index is 0.0606. The van der Waals surface area contributed by atoms with Gasteiger partial charge in [0.05, 0.1) is 11.5 Å². The Balaban J connectivity index is 2.58. The molecular formula is C14H20N2O4S. The van der Waals surface area contributed by atoms with Crippen LogP contribution in [0.25, 0.3) is 0 Å². The topological polar surface area (TPSA) is 81.5 Å². The van der Waals surface area contributed by atoms with Gasteiger partial charge in [0.2, 0.25) is 0 Å². The number of nitrogens with zero attached hydrogens (tertiary/aromatic N) is 1. The van der Waals surface area contributed by atoms with Crippen LogP contribution in [0.5, 0.6) is 0 Å². The highest BCUT2D eigenvalue weighted by molar-refractivity contribution is 7.99. The van der Waals surface area contributed by atoms with E-state index in [0.29, 0.717) is 12.4 Å². The van der Waals surface area contributed by atoms with Gasteiger partial charge in [-0.3, -0.25) is 14.9 Å². The summed E-state index contributed by atoms with van der Waals surface area (Å²) in [4.78, 5) is 22.9. The number of ether oxygens (including phenoxy) is 1. The Kier molecular flexibility index (Phi) is 7.78. The Morgan fingerprint density at radius 2 is 2.05 bits per heavy atom. The zero-order valence-electron chi connectivity index (χ0n) is 12.2. The molecule has 7 heteroatoms. The molecule has 1 rings (SSSR count). The summed E-state index contributed by atoms with van der Waals surface area (Å²) in [5, 5.41) is 13.7. The van der Waals surface area contributed by atoms with E-state index in [-0.39, 0.29) is 17.7 Å². The Morgan fingerprint density at radius 1 is 1.38 bits per heavy atom. The van der Waals surface area contributed by atoms with Gasteiger partial charge in [0.15, 0.2) is 0 Å². The summed E-state index contributed by atoms with van der Waals surface area (Å²) in [7, 11) is 0. The van der Waals surface area contributed by atoms with Gasteiger partial charge >= 0.3 is 5.97 Å². The fourth-order valence-corrected chi connectivity index (χ4v) is 2.56. The minimum atomic E-state index is -0.432. The van der Waals surface area contributed by atoms with Gasteiger partial charge in [0, 0.05) is 22.8 Å². The van der Waals surface area contributed by atoms with Crippen LogP contribution < -0.4 is 5.32 Å². The van der Waals surface area contributed by atoms with Crippen LogP contribution in [0, 0.1) is 10.1 Å². The van der Waals surface area contributed by atoms with Crippen LogP contribution in [0.2, 0.25) is 0 Å². The number of non-ortho nitro benzene ring substituents is 1. The van der Waals surface area contributed by atoms with Crippen molar-refractivity contribution in [2.75, 3.05) is 18.9 Å². The molecule has 0 spiro atoms.